The van der Waals surface area contributed by atoms with E-state index in [1.165, 1.54) is 24.8 Å². The first kappa shape index (κ1) is 15.3. The van der Waals surface area contributed by atoms with E-state index in [2.05, 4.69) is 19.9 Å². The van der Waals surface area contributed by atoms with Crippen molar-refractivity contribution in [3.8, 4) is 0 Å². The van der Waals surface area contributed by atoms with Crippen LogP contribution in [0.4, 0.5) is 5.69 Å². The van der Waals surface area contributed by atoms with Gasteiger partial charge in [0.05, 0.1) is 11.3 Å². The number of nitrogens with zero attached hydrogens (tertiary/aromatic N) is 1. The van der Waals surface area contributed by atoms with Crippen molar-refractivity contribution in [2.75, 3.05) is 5.73 Å². The van der Waals surface area contributed by atoms with Gasteiger partial charge in [0.1, 0.15) is 5.78 Å². The Balaban J connectivity index is 1.86. The Morgan fingerprint density at radius 3 is 2.73 bits per heavy atom. The summed E-state index contributed by atoms with van der Waals surface area (Å²) in [6, 6.07) is 6.02. The number of carbonyl (C=O) groups excluding carboxylic acids is 1. The molecular weight excluding hydrogens is 272 g/mol. The number of hydrogen-bond donors (Lipinski definition) is 1. The van der Waals surface area contributed by atoms with Crippen molar-refractivity contribution in [2.24, 2.45) is 10.9 Å². The van der Waals surface area contributed by atoms with E-state index in [9.17, 15) is 4.79 Å². The summed E-state index contributed by atoms with van der Waals surface area (Å²) in [5, 5.41) is 0. The number of Topliss-reactive ketones (excluding diaryl/α,β-unsaturated/α-hetero) is 1. The molecule has 2 N–H and O–H groups in total. The number of anilines is 1. The maximum absolute atomic E-state index is 12.7. The summed E-state index contributed by atoms with van der Waals surface area (Å²) in [7, 11) is 0. The van der Waals surface area contributed by atoms with Gasteiger partial charge in [-0.3, -0.25) is 9.79 Å². The zero-order valence-corrected chi connectivity index (χ0v) is 13.7. The molecule has 0 atom stereocenters. The van der Waals surface area contributed by atoms with Gasteiger partial charge in [0.2, 0.25) is 0 Å². The molecule has 1 aliphatic heterocycles. The maximum atomic E-state index is 12.7. The molecule has 1 aromatic rings. The van der Waals surface area contributed by atoms with E-state index in [4.69, 9.17) is 10.7 Å². The quantitative estimate of drug-likeness (QED) is 0.859. The Bertz CT molecular complexity index is 610. The van der Waals surface area contributed by atoms with Crippen LogP contribution in [-0.2, 0) is 11.2 Å². The summed E-state index contributed by atoms with van der Waals surface area (Å²) in [4.78, 5) is 17.5. The summed E-state index contributed by atoms with van der Waals surface area (Å²) < 4.78 is 0. The molecule has 1 heterocycles. The summed E-state index contributed by atoms with van der Waals surface area (Å²) in [5.41, 5.74) is 9.85. The number of rotatable bonds is 3. The second-order valence-electron chi connectivity index (χ2n) is 7.44. The van der Waals surface area contributed by atoms with Gasteiger partial charge < -0.3 is 5.73 Å². The molecule has 0 saturated heterocycles. The monoisotopic (exact) mass is 298 g/mol. The molecule has 0 aromatic heterocycles. The number of nitrogen functional groups attached to an aromatic ring is 1. The lowest BCUT2D eigenvalue weighted by molar-refractivity contribution is -0.122. The van der Waals surface area contributed by atoms with Gasteiger partial charge in [0.25, 0.3) is 0 Å². The molecule has 0 unspecified atom stereocenters. The molecule has 0 amide bonds. The molecule has 3 nitrogen and oxygen atoms in total. The van der Waals surface area contributed by atoms with Gasteiger partial charge in [-0.2, -0.15) is 0 Å². The lowest BCUT2D eigenvalue weighted by atomic mass is 9.81. The molecule has 1 fully saturated rings. The van der Waals surface area contributed by atoms with Gasteiger partial charge in [-0.1, -0.05) is 25.3 Å². The second kappa shape index (κ2) is 5.86. The minimum absolute atomic E-state index is 0.134. The molecule has 3 heteroatoms. The summed E-state index contributed by atoms with van der Waals surface area (Å²) in [6.07, 6.45) is 7.14. The third-order valence-corrected chi connectivity index (χ3v) is 4.91. The Hall–Kier alpha value is -1.64. The summed E-state index contributed by atoms with van der Waals surface area (Å²) in [6.45, 7) is 4.27. The van der Waals surface area contributed by atoms with Gasteiger partial charge in [-0.15, -0.1) is 0 Å². The van der Waals surface area contributed by atoms with Crippen LogP contribution in [0.3, 0.4) is 0 Å². The van der Waals surface area contributed by atoms with Crippen LogP contribution in [0.15, 0.2) is 23.2 Å². The highest BCUT2D eigenvalue weighted by Crippen LogP contribution is 2.31. The molecule has 3 rings (SSSR count). The van der Waals surface area contributed by atoms with E-state index >= 15 is 0 Å². The van der Waals surface area contributed by atoms with Crippen LogP contribution in [0, 0.1) is 5.92 Å². The minimum atomic E-state index is -0.134. The van der Waals surface area contributed by atoms with E-state index in [1.807, 2.05) is 12.1 Å². The highest BCUT2D eigenvalue weighted by molar-refractivity contribution is 6.13. The number of aliphatic imine (C=N–C) groups is 1. The van der Waals surface area contributed by atoms with Crippen LogP contribution < -0.4 is 5.73 Å². The smallest absolute Gasteiger partial charge is 0.141 e. The SMILES string of the molecule is CC1(C)Cc2ccc(N)cc2C(CC(=O)C2CCCCC2)=N1. The fraction of sp³-hybridized carbons (Fsp3) is 0.579. The zero-order chi connectivity index (χ0) is 15.7. The molecule has 118 valence electrons. The topological polar surface area (TPSA) is 55.5 Å². The Labute approximate surface area is 133 Å². The van der Waals surface area contributed by atoms with Crippen molar-refractivity contribution in [3.63, 3.8) is 0 Å². The van der Waals surface area contributed by atoms with Gasteiger partial charge in [0.15, 0.2) is 0 Å². The average Bonchev–Trinajstić information content (AvgIpc) is 2.48. The number of fused-ring (bicyclic) bond motifs is 1. The molecule has 1 saturated carbocycles. The molecule has 0 bridgehead atoms. The lowest BCUT2D eigenvalue weighted by Crippen LogP contribution is -2.31. The summed E-state index contributed by atoms with van der Waals surface area (Å²) >= 11 is 0. The predicted octanol–water partition coefficient (Wildman–Crippen LogP) is 3.93. The van der Waals surface area contributed by atoms with Gasteiger partial charge in [-0.25, -0.2) is 0 Å². The Morgan fingerprint density at radius 1 is 1.27 bits per heavy atom. The Kier molecular flexibility index (Phi) is 4.07. The zero-order valence-electron chi connectivity index (χ0n) is 13.7. The number of nitrogens with two attached hydrogens (primary N) is 1. The number of carbonyl (C=O) groups is 1. The number of ketones is 1. The Morgan fingerprint density at radius 2 is 2.00 bits per heavy atom. The largest absolute Gasteiger partial charge is 0.399 e. The fourth-order valence-electron chi connectivity index (χ4n) is 3.82. The number of benzene rings is 1. The van der Waals surface area contributed by atoms with E-state index in [0.29, 0.717) is 12.2 Å². The standard InChI is InChI=1S/C19H26N2O/c1-19(2)12-14-8-9-15(20)10-16(14)17(21-19)11-18(22)13-6-4-3-5-7-13/h8-10,13H,3-7,11-12,20H2,1-2H3. The highest BCUT2D eigenvalue weighted by atomic mass is 16.1. The molecular formula is C19H26N2O. The summed E-state index contributed by atoms with van der Waals surface area (Å²) in [5.74, 6) is 0.607. The van der Waals surface area contributed by atoms with Crippen LogP contribution in [-0.4, -0.2) is 17.0 Å². The van der Waals surface area contributed by atoms with Crippen molar-refractivity contribution in [1.29, 1.82) is 0 Å². The highest BCUT2D eigenvalue weighted by Gasteiger charge is 2.29. The molecule has 1 aromatic carbocycles. The van der Waals surface area contributed by atoms with Crippen molar-refractivity contribution < 1.29 is 4.79 Å². The third kappa shape index (κ3) is 3.23. The third-order valence-electron chi connectivity index (χ3n) is 4.91. The first-order valence-electron chi connectivity index (χ1n) is 8.45. The fourth-order valence-corrected chi connectivity index (χ4v) is 3.82. The van der Waals surface area contributed by atoms with Crippen LogP contribution in [0.1, 0.15) is 63.5 Å². The van der Waals surface area contributed by atoms with Crippen molar-refractivity contribution in [3.05, 3.63) is 29.3 Å². The van der Waals surface area contributed by atoms with E-state index in [1.54, 1.807) is 0 Å². The predicted molar refractivity (Wildman–Crippen MR) is 91.4 cm³/mol. The molecule has 22 heavy (non-hydrogen) atoms. The first-order chi connectivity index (χ1) is 10.4. The maximum Gasteiger partial charge on any atom is 0.141 e. The molecule has 0 radical (unpaired) electrons. The van der Waals surface area contributed by atoms with Crippen LogP contribution in [0.2, 0.25) is 0 Å². The average molecular weight is 298 g/mol. The second-order valence-corrected chi connectivity index (χ2v) is 7.44. The van der Waals surface area contributed by atoms with Crippen LogP contribution in [0.25, 0.3) is 0 Å². The molecule has 1 aliphatic carbocycles. The van der Waals surface area contributed by atoms with Crippen molar-refractivity contribution in [1.82, 2.24) is 0 Å². The molecule has 2 aliphatic rings. The van der Waals surface area contributed by atoms with Crippen molar-refractivity contribution in [2.45, 2.75) is 64.3 Å². The normalized spacial score (nSPS) is 21.1. The lowest BCUT2D eigenvalue weighted by Gasteiger charge is -2.30. The van der Waals surface area contributed by atoms with E-state index in [0.717, 1.165) is 36.2 Å². The van der Waals surface area contributed by atoms with E-state index < -0.39 is 0 Å². The van der Waals surface area contributed by atoms with Crippen LogP contribution in [0.5, 0.6) is 0 Å². The molecule has 0 spiro atoms. The minimum Gasteiger partial charge on any atom is -0.399 e. The van der Waals surface area contributed by atoms with Crippen LogP contribution >= 0.6 is 0 Å². The van der Waals surface area contributed by atoms with Crippen molar-refractivity contribution >= 4 is 17.2 Å². The van der Waals surface area contributed by atoms with Gasteiger partial charge >= 0.3 is 0 Å². The van der Waals surface area contributed by atoms with Gasteiger partial charge in [0, 0.05) is 23.6 Å². The van der Waals surface area contributed by atoms with E-state index in [-0.39, 0.29) is 11.5 Å². The first-order valence-corrected chi connectivity index (χ1v) is 8.45. The van der Waals surface area contributed by atoms with Gasteiger partial charge in [-0.05, 0) is 50.8 Å². The number of hydrogen-bond acceptors (Lipinski definition) is 3.